The molecule has 0 bridgehead atoms. The van der Waals surface area contributed by atoms with E-state index in [4.69, 9.17) is 28.2 Å². The molecule has 0 atom stereocenters. The second kappa shape index (κ2) is 7.99. The molecule has 7 heteroatoms. The number of nitrogens with one attached hydrogen (secondary N) is 2. The van der Waals surface area contributed by atoms with Gasteiger partial charge in [-0.2, -0.15) is 0 Å². The first-order valence-electron chi connectivity index (χ1n) is 7.54. The summed E-state index contributed by atoms with van der Waals surface area (Å²) in [5.74, 6) is 2.24. The zero-order chi connectivity index (χ0) is 17.8. The van der Waals surface area contributed by atoms with Gasteiger partial charge in [0, 0.05) is 11.8 Å². The van der Waals surface area contributed by atoms with Gasteiger partial charge >= 0.3 is 0 Å². The lowest BCUT2D eigenvalue weighted by Gasteiger charge is -2.12. The summed E-state index contributed by atoms with van der Waals surface area (Å²) in [6, 6.07) is 13.8. The first-order chi connectivity index (χ1) is 12.0. The van der Waals surface area contributed by atoms with Gasteiger partial charge in [-0.05, 0) is 52.8 Å². The third-order valence-electron chi connectivity index (χ3n) is 3.58. The highest BCUT2D eigenvalue weighted by Gasteiger charge is 2.10. The van der Waals surface area contributed by atoms with Crippen molar-refractivity contribution in [3.8, 4) is 11.3 Å². The number of furan rings is 1. The summed E-state index contributed by atoms with van der Waals surface area (Å²) in [4.78, 5) is 4.24. The van der Waals surface area contributed by atoms with Crippen LogP contribution in [0.2, 0.25) is 5.02 Å². The Morgan fingerprint density at radius 2 is 2.00 bits per heavy atom. The molecule has 0 amide bonds. The van der Waals surface area contributed by atoms with Crippen LogP contribution in [0.4, 0.5) is 5.82 Å². The largest absolute Gasteiger partial charge is 0.459 e. The molecule has 25 heavy (non-hydrogen) atoms. The van der Waals surface area contributed by atoms with Crippen molar-refractivity contribution in [2.24, 2.45) is 0 Å². The monoisotopic (exact) mass is 435 g/mol. The first kappa shape index (κ1) is 17.9. The van der Waals surface area contributed by atoms with Crippen LogP contribution in [0.25, 0.3) is 11.3 Å². The average molecular weight is 437 g/mol. The Hall–Kier alpha value is -1.89. The summed E-state index contributed by atoms with van der Waals surface area (Å²) in [6.07, 6.45) is 1.59. The Kier molecular flexibility index (Phi) is 5.73. The minimum atomic E-state index is 0.451. The smallest absolute Gasteiger partial charge is 0.172 e. The van der Waals surface area contributed by atoms with E-state index in [0.717, 1.165) is 27.1 Å². The van der Waals surface area contributed by atoms with Crippen molar-refractivity contribution in [1.29, 1.82) is 0 Å². The van der Waals surface area contributed by atoms with Crippen molar-refractivity contribution in [3.05, 3.63) is 69.5 Å². The van der Waals surface area contributed by atoms with Gasteiger partial charge < -0.3 is 15.1 Å². The summed E-state index contributed by atoms with van der Waals surface area (Å²) >= 11 is 14.8. The summed E-state index contributed by atoms with van der Waals surface area (Å²) in [7, 11) is 0. The van der Waals surface area contributed by atoms with Crippen molar-refractivity contribution < 1.29 is 4.42 Å². The van der Waals surface area contributed by atoms with Crippen molar-refractivity contribution in [2.45, 2.75) is 13.5 Å². The molecule has 3 aromatic rings. The van der Waals surface area contributed by atoms with E-state index in [9.17, 15) is 0 Å². The fourth-order valence-corrected chi connectivity index (χ4v) is 3.04. The number of aromatic nitrogens is 1. The van der Waals surface area contributed by atoms with Gasteiger partial charge in [0.25, 0.3) is 0 Å². The van der Waals surface area contributed by atoms with Crippen LogP contribution >= 0.6 is 39.7 Å². The minimum Gasteiger partial charge on any atom is -0.459 e. The molecule has 1 aromatic carbocycles. The Morgan fingerprint density at radius 1 is 1.24 bits per heavy atom. The molecule has 0 fully saturated rings. The standard InChI is InChI=1S/C18H15BrClN3OS/c1-11-14(20)10-21-17(16(11)19)23-18(25)22-9-13-7-8-15(24-13)12-5-3-2-4-6-12/h2-8,10H,9H2,1H3,(H2,21,22,23,25). The quantitative estimate of drug-likeness (QED) is 0.525. The van der Waals surface area contributed by atoms with Gasteiger partial charge in [-0.15, -0.1) is 0 Å². The predicted molar refractivity (Wildman–Crippen MR) is 109 cm³/mol. The molecule has 2 aromatic heterocycles. The van der Waals surface area contributed by atoms with Crippen molar-refractivity contribution in [2.75, 3.05) is 5.32 Å². The van der Waals surface area contributed by atoms with Crippen LogP contribution in [-0.4, -0.2) is 10.1 Å². The van der Waals surface area contributed by atoms with Crippen molar-refractivity contribution in [1.82, 2.24) is 10.3 Å². The van der Waals surface area contributed by atoms with Crippen LogP contribution in [0.1, 0.15) is 11.3 Å². The number of halogens is 2. The second-order valence-electron chi connectivity index (χ2n) is 5.33. The molecule has 0 spiro atoms. The maximum atomic E-state index is 6.04. The highest BCUT2D eigenvalue weighted by molar-refractivity contribution is 9.10. The zero-order valence-corrected chi connectivity index (χ0v) is 16.5. The van der Waals surface area contributed by atoms with E-state index in [-0.39, 0.29) is 0 Å². The summed E-state index contributed by atoms with van der Waals surface area (Å²) in [6.45, 7) is 2.38. The van der Waals surface area contributed by atoms with E-state index in [0.29, 0.717) is 22.5 Å². The normalized spacial score (nSPS) is 10.5. The van der Waals surface area contributed by atoms with Crippen molar-refractivity contribution >= 4 is 50.7 Å². The lowest BCUT2D eigenvalue weighted by Crippen LogP contribution is -2.28. The SMILES string of the molecule is Cc1c(Cl)cnc(NC(=S)NCc2ccc(-c3ccccc3)o2)c1Br. The van der Waals surface area contributed by atoms with Crippen LogP contribution in [0, 0.1) is 6.92 Å². The topological polar surface area (TPSA) is 50.1 Å². The Morgan fingerprint density at radius 3 is 2.76 bits per heavy atom. The van der Waals surface area contributed by atoms with Crippen LogP contribution < -0.4 is 10.6 Å². The second-order valence-corrected chi connectivity index (χ2v) is 6.94. The van der Waals surface area contributed by atoms with E-state index in [2.05, 4.69) is 31.5 Å². The van der Waals surface area contributed by atoms with E-state index in [1.807, 2.05) is 49.4 Å². The number of rotatable bonds is 4. The number of nitrogens with zero attached hydrogens (tertiary/aromatic N) is 1. The molecule has 0 aliphatic heterocycles. The molecule has 0 saturated heterocycles. The lowest BCUT2D eigenvalue weighted by molar-refractivity contribution is 0.516. The molecule has 3 rings (SSSR count). The Balaban J connectivity index is 1.60. The zero-order valence-electron chi connectivity index (χ0n) is 13.3. The third kappa shape index (κ3) is 4.39. The van der Waals surface area contributed by atoms with Gasteiger partial charge in [0.05, 0.1) is 16.0 Å². The molecule has 4 nitrogen and oxygen atoms in total. The molecule has 0 aliphatic rings. The average Bonchev–Trinajstić information content (AvgIpc) is 3.10. The molecule has 0 saturated carbocycles. The molecule has 0 aliphatic carbocycles. The molecule has 0 radical (unpaired) electrons. The number of anilines is 1. The molecule has 2 N–H and O–H groups in total. The van der Waals surface area contributed by atoms with Gasteiger partial charge in [-0.1, -0.05) is 41.9 Å². The summed E-state index contributed by atoms with van der Waals surface area (Å²) in [5, 5.41) is 7.20. The Labute approximate surface area is 164 Å². The van der Waals surface area contributed by atoms with Crippen LogP contribution in [-0.2, 0) is 6.54 Å². The number of hydrogen-bond acceptors (Lipinski definition) is 3. The van der Waals surface area contributed by atoms with E-state index >= 15 is 0 Å². The van der Waals surface area contributed by atoms with E-state index < -0.39 is 0 Å². The van der Waals surface area contributed by atoms with Gasteiger partial charge in [0.15, 0.2) is 5.11 Å². The molecule has 2 heterocycles. The highest BCUT2D eigenvalue weighted by atomic mass is 79.9. The minimum absolute atomic E-state index is 0.451. The third-order valence-corrected chi connectivity index (χ3v) is 5.18. The number of hydrogen-bond donors (Lipinski definition) is 2. The van der Waals surface area contributed by atoms with Gasteiger partial charge in [-0.25, -0.2) is 4.98 Å². The van der Waals surface area contributed by atoms with Crippen LogP contribution in [0.3, 0.4) is 0 Å². The maximum absolute atomic E-state index is 6.04. The lowest BCUT2D eigenvalue weighted by atomic mass is 10.2. The highest BCUT2D eigenvalue weighted by Crippen LogP contribution is 2.29. The summed E-state index contributed by atoms with van der Waals surface area (Å²) in [5.41, 5.74) is 1.94. The maximum Gasteiger partial charge on any atom is 0.172 e. The molecule has 0 unspecified atom stereocenters. The summed E-state index contributed by atoms with van der Waals surface area (Å²) < 4.78 is 6.62. The van der Waals surface area contributed by atoms with Crippen molar-refractivity contribution in [3.63, 3.8) is 0 Å². The first-order valence-corrected chi connectivity index (χ1v) is 9.12. The molecular formula is C18H15BrClN3OS. The van der Waals surface area contributed by atoms with Gasteiger partial charge in [0.1, 0.15) is 17.3 Å². The van der Waals surface area contributed by atoms with Crippen LogP contribution in [0.5, 0.6) is 0 Å². The number of pyridine rings is 1. The van der Waals surface area contributed by atoms with Gasteiger partial charge in [-0.3, -0.25) is 0 Å². The van der Waals surface area contributed by atoms with E-state index in [1.54, 1.807) is 6.20 Å². The number of benzene rings is 1. The number of thiocarbonyl (C=S) groups is 1. The predicted octanol–water partition coefficient (Wildman–Crippen LogP) is 5.55. The van der Waals surface area contributed by atoms with E-state index in [1.165, 1.54) is 0 Å². The van der Waals surface area contributed by atoms with Gasteiger partial charge in [0.2, 0.25) is 0 Å². The molecular weight excluding hydrogens is 422 g/mol. The fourth-order valence-electron chi connectivity index (χ4n) is 2.19. The fraction of sp³-hybridized carbons (Fsp3) is 0.111. The molecule has 128 valence electrons. The Bertz CT molecular complexity index is 899. The van der Waals surface area contributed by atoms with Crippen LogP contribution in [0.15, 0.2) is 57.6 Å².